The van der Waals surface area contributed by atoms with Crippen molar-refractivity contribution >= 4 is 0 Å². The van der Waals surface area contributed by atoms with Gasteiger partial charge < -0.3 is 10.0 Å². The van der Waals surface area contributed by atoms with Gasteiger partial charge in [-0.3, -0.25) is 0 Å². The summed E-state index contributed by atoms with van der Waals surface area (Å²) >= 11 is 0. The molecule has 0 saturated carbocycles. The first-order valence-electron chi connectivity index (χ1n) is 7.12. The van der Waals surface area contributed by atoms with E-state index in [-0.39, 0.29) is 0 Å². The van der Waals surface area contributed by atoms with Crippen LogP contribution in [0.3, 0.4) is 0 Å². The molecule has 2 nitrogen and oxygen atoms in total. The van der Waals surface area contributed by atoms with Crippen molar-refractivity contribution < 1.29 is 5.11 Å². The zero-order chi connectivity index (χ0) is 14.4. The molecule has 0 fully saturated rings. The van der Waals surface area contributed by atoms with E-state index in [0.717, 1.165) is 18.5 Å². The summed E-state index contributed by atoms with van der Waals surface area (Å²) in [7, 11) is 2.06. The summed E-state index contributed by atoms with van der Waals surface area (Å²) in [6.45, 7) is 3.73. The molecule has 0 saturated heterocycles. The molecule has 1 atom stereocenters. The number of benzene rings is 2. The van der Waals surface area contributed by atoms with Crippen LogP contribution in [0.1, 0.15) is 22.8 Å². The average Bonchev–Trinajstić information content (AvgIpc) is 2.46. The third kappa shape index (κ3) is 4.48. The minimum absolute atomic E-state index is 0.418. The van der Waals surface area contributed by atoms with Gasteiger partial charge in [-0.05, 0) is 31.5 Å². The van der Waals surface area contributed by atoms with Gasteiger partial charge in [-0.15, -0.1) is 0 Å². The van der Waals surface area contributed by atoms with E-state index >= 15 is 0 Å². The van der Waals surface area contributed by atoms with Crippen molar-refractivity contribution in [3.8, 4) is 0 Å². The van der Waals surface area contributed by atoms with E-state index in [1.165, 1.54) is 11.1 Å². The standard InChI is InChI=1S/C18H23NO/c1-15-7-6-8-16(13-15)11-12-19(2)14-18(20)17-9-4-3-5-10-17/h3-10,13,18,20H,11-12,14H2,1-2H3/t18-/m0/s1. The molecule has 1 N–H and O–H groups in total. The van der Waals surface area contributed by atoms with Gasteiger partial charge in [0.1, 0.15) is 0 Å². The van der Waals surface area contributed by atoms with Gasteiger partial charge in [-0.1, -0.05) is 60.2 Å². The molecule has 0 aliphatic heterocycles. The number of hydrogen-bond acceptors (Lipinski definition) is 2. The van der Waals surface area contributed by atoms with Gasteiger partial charge in [0.05, 0.1) is 6.10 Å². The highest BCUT2D eigenvalue weighted by Crippen LogP contribution is 2.13. The Labute approximate surface area is 121 Å². The lowest BCUT2D eigenvalue weighted by atomic mass is 10.1. The summed E-state index contributed by atoms with van der Waals surface area (Å²) in [5.41, 5.74) is 3.63. The number of hydrogen-bond donors (Lipinski definition) is 1. The van der Waals surface area contributed by atoms with E-state index in [9.17, 15) is 5.11 Å². The van der Waals surface area contributed by atoms with Gasteiger partial charge in [0.25, 0.3) is 0 Å². The van der Waals surface area contributed by atoms with Crippen LogP contribution < -0.4 is 0 Å². The van der Waals surface area contributed by atoms with Crippen LogP contribution in [0.25, 0.3) is 0 Å². The van der Waals surface area contributed by atoms with E-state index < -0.39 is 6.10 Å². The molecule has 0 aromatic heterocycles. The summed E-state index contributed by atoms with van der Waals surface area (Å²) in [6.07, 6.45) is 0.596. The second-order valence-electron chi connectivity index (χ2n) is 5.43. The highest BCUT2D eigenvalue weighted by atomic mass is 16.3. The number of aliphatic hydroxyl groups excluding tert-OH is 1. The van der Waals surface area contributed by atoms with E-state index in [0.29, 0.717) is 6.54 Å². The predicted molar refractivity (Wildman–Crippen MR) is 83.8 cm³/mol. The second-order valence-corrected chi connectivity index (χ2v) is 5.43. The first-order chi connectivity index (χ1) is 9.65. The molecular weight excluding hydrogens is 246 g/mol. The number of likely N-dealkylation sites (N-methyl/N-ethyl adjacent to an activating group) is 1. The molecule has 0 amide bonds. The number of aliphatic hydroxyl groups is 1. The monoisotopic (exact) mass is 269 g/mol. The Bertz CT molecular complexity index is 524. The quantitative estimate of drug-likeness (QED) is 0.870. The summed E-state index contributed by atoms with van der Waals surface area (Å²) in [6, 6.07) is 18.4. The van der Waals surface area contributed by atoms with Crippen molar-refractivity contribution in [2.45, 2.75) is 19.4 Å². The molecule has 0 spiro atoms. The molecule has 2 heteroatoms. The Kier molecular flexibility index (Phi) is 5.33. The van der Waals surface area contributed by atoms with Crippen molar-refractivity contribution in [1.82, 2.24) is 4.90 Å². The van der Waals surface area contributed by atoms with Crippen LogP contribution in [0.15, 0.2) is 54.6 Å². The van der Waals surface area contributed by atoms with Gasteiger partial charge in [0, 0.05) is 13.1 Å². The molecule has 106 valence electrons. The topological polar surface area (TPSA) is 23.5 Å². The zero-order valence-corrected chi connectivity index (χ0v) is 12.3. The molecular formula is C18H23NO. The van der Waals surface area contributed by atoms with Crippen LogP contribution in [-0.4, -0.2) is 30.1 Å². The maximum absolute atomic E-state index is 10.2. The molecule has 0 heterocycles. The maximum atomic E-state index is 10.2. The highest BCUT2D eigenvalue weighted by molar-refractivity contribution is 5.22. The SMILES string of the molecule is Cc1cccc(CCN(C)C[C@H](O)c2ccccc2)c1. The molecule has 0 unspecified atom stereocenters. The Morgan fingerprint density at radius 1 is 1.05 bits per heavy atom. The summed E-state index contributed by atoms with van der Waals surface area (Å²) in [5, 5.41) is 10.2. The Morgan fingerprint density at radius 2 is 1.80 bits per heavy atom. The fourth-order valence-electron chi connectivity index (χ4n) is 2.35. The van der Waals surface area contributed by atoms with Crippen LogP contribution >= 0.6 is 0 Å². The molecule has 0 bridgehead atoms. The minimum atomic E-state index is -0.418. The maximum Gasteiger partial charge on any atom is 0.0916 e. The van der Waals surface area contributed by atoms with Gasteiger partial charge in [-0.2, -0.15) is 0 Å². The number of nitrogens with zero attached hydrogens (tertiary/aromatic N) is 1. The molecule has 0 radical (unpaired) electrons. The van der Waals surface area contributed by atoms with Crippen LogP contribution in [0.4, 0.5) is 0 Å². The molecule has 20 heavy (non-hydrogen) atoms. The second kappa shape index (κ2) is 7.22. The zero-order valence-electron chi connectivity index (χ0n) is 12.3. The molecule has 2 aromatic carbocycles. The normalized spacial score (nSPS) is 12.6. The third-order valence-corrected chi connectivity index (χ3v) is 3.53. The number of aryl methyl sites for hydroxylation is 1. The Morgan fingerprint density at radius 3 is 2.50 bits per heavy atom. The largest absolute Gasteiger partial charge is 0.387 e. The van der Waals surface area contributed by atoms with Crippen LogP contribution in [0, 0.1) is 6.92 Å². The fraction of sp³-hybridized carbons (Fsp3) is 0.333. The lowest BCUT2D eigenvalue weighted by Gasteiger charge is -2.20. The smallest absolute Gasteiger partial charge is 0.0916 e. The van der Waals surface area contributed by atoms with Crippen LogP contribution in [-0.2, 0) is 6.42 Å². The lowest BCUT2D eigenvalue weighted by molar-refractivity contribution is 0.127. The van der Waals surface area contributed by atoms with E-state index in [1.807, 2.05) is 30.3 Å². The van der Waals surface area contributed by atoms with Crippen molar-refractivity contribution in [2.24, 2.45) is 0 Å². The van der Waals surface area contributed by atoms with E-state index in [4.69, 9.17) is 0 Å². The first-order valence-corrected chi connectivity index (χ1v) is 7.12. The predicted octanol–water partition coefficient (Wildman–Crippen LogP) is 3.20. The van der Waals surface area contributed by atoms with Crippen molar-refractivity contribution in [3.05, 3.63) is 71.3 Å². The fourth-order valence-corrected chi connectivity index (χ4v) is 2.35. The third-order valence-electron chi connectivity index (χ3n) is 3.53. The summed E-state index contributed by atoms with van der Waals surface area (Å²) in [4.78, 5) is 2.18. The van der Waals surface area contributed by atoms with Crippen molar-refractivity contribution in [2.75, 3.05) is 20.1 Å². The van der Waals surface area contributed by atoms with Gasteiger partial charge >= 0.3 is 0 Å². The Hall–Kier alpha value is -1.64. The summed E-state index contributed by atoms with van der Waals surface area (Å²) < 4.78 is 0. The molecule has 0 aliphatic rings. The Balaban J connectivity index is 1.82. The molecule has 2 rings (SSSR count). The minimum Gasteiger partial charge on any atom is -0.387 e. The highest BCUT2D eigenvalue weighted by Gasteiger charge is 2.10. The van der Waals surface area contributed by atoms with Gasteiger partial charge in [-0.25, -0.2) is 0 Å². The lowest BCUT2D eigenvalue weighted by Crippen LogP contribution is -2.26. The van der Waals surface area contributed by atoms with E-state index in [1.54, 1.807) is 0 Å². The molecule has 0 aliphatic carbocycles. The number of rotatable bonds is 6. The summed E-state index contributed by atoms with van der Waals surface area (Å²) in [5.74, 6) is 0. The van der Waals surface area contributed by atoms with Crippen LogP contribution in [0.5, 0.6) is 0 Å². The average molecular weight is 269 g/mol. The first kappa shape index (κ1) is 14.8. The van der Waals surface area contributed by atoms with Crippen LogP contribution in [0.2, 0.25) is 0 Å². The van der Waals surface area contributed by atoms with Gasteiger partial charge in [0.15, 0.2) is 0 Å². The van der Waals surface area contributed by atoms with Crippen molar-refractivity contribution in [1.29, 1.82) is 0 Å². The van der Waals surface area contributed by atoms with Gasteiger partial charge in [0.2, 0.25) is 0 Å². The van der Waals surface area contributed by atoms with Crippen molar-refractivity contribution in [3.63, 3.8) is 0 Å². The molecule has 2 aromatic rings. The van der Waals surface area contributed by atoms with E-state index in [2.05, 4.69) is 43.1 Å².